The van der Waals surface area contributed by atoms with Gasteiger partial charge in [-0.2, -0.15) is 0 Å². The molecule has 2 aromatic heterocycles. The fourth-order valence-corrected chi connectivity index (χ4v) is 2.27. The van der Waals surface area contributed by atoms with Crippen LogP contribution < -0.4 is 5.43 Å². The Kier molecular flexibility index (Phi) is 2.52. The summed E-state index contributed by atoms with van der Waals surface area (Å²) in [5.74, 6) is 0. The van der Waals surface area contributed by atoms with Crippen LogP contribution >= 0.6 is 0 Å². The molecule has 2 heterocycles. The molecule has 3 aromatic rings. The van der Waals surface area contributed by atoms with Gasteiger partial charge in [-0.1, -0.05) is 11.2 Å². The number of H-pyrrole nitrogens is 1. The van der Waals surface area contributed by atoms with Gasteiger partial charge in [0.05, 0.1) is 22.9 Å². The van der Waals surface area contributed by atoms with Gasteiger partial charge < -0.3 is 10.2 Å². The number of benzene rings is 1. The van der Waals surface area contributed by atoms with Gasteiger partial charge in [-0.05, 0) is 24.6 Å². The van der Waals surface area contributed by atoms with Crippen LogP contribution in [0, 0.1) is 6.92 Å². The van der Waals surface area contributed by atoms with E-state index in [1.165, 1.54) is 12.3 Å². The van der Waals surface area contributed by atoms with E-state index in [4.69, 9.17) is 5.21 Å². The molecule has 3 rings (SSSR count). The molecule has 0 spiro atoms. The number of nitrogens with zero attached hydrogens (tertiary/aromatic N) is 2. The molecule has 0 aliphatic carbocycles. The van der Waals surface area contributed by atoms with Crippen molar-refractivity contribution in [3.05, 3.63) is 51.9 Å². The van der Waals surface area contributed by atoms with E-state index in [0.717, 1.165) is 16.5 Å². The van der Waals surface area contributed by atoms with E-state index in [9.17, 15) is 4.79 Å². The van der Waals surface area contributed by atoms with Gasteiger partial charge in [-0.3, -0.25) is 9.78 Å². The minimum atomic E-state index is -0.126. The number of fused-ring (bicyclic) bond motifs is 3. The Bertz CT molecular complexity index is 866. The third-order valence-corrected chi connectivity index (χ3v) is 3.12. The van der Waals surface area contributed by atoms with Gasteiger partial charge >= 0.3 is 0 Å². The number of aromatic nitrogens is 2. The smallest absolute Gasteiger partial charge is 0.190 e. The first-order valence-corrected chi connectivity index (χ1v) is 5.79. The Balaban J connectivity index is 2.56. The molecule has 0 amide bonds. The zero-order valence-electron chi connectivity index (χ0n) is 10.2. The van der Waals surface area contributed by atoms with Gasteiger partial charge in [0.15, 0.2) is 5.43 Å². The van der Waals surface area contributed by atoms with E-state index in [-0.39, 0.29) is 5.43 Å². The Labute approximate surface area is 108 Å². The molecule has 0 aliphatic heterocycles. The van der Waals surface area contributed by atoms with Crippen LogP contribution in [0.1, 0.15) is 11.3 Å². The number of hydrogen-bond acceptors (Lipinski definition) is 4. The minimum absolute atomic E-state index is 0.126. The molecule has 94 valence electrons. The van der Waals surface area contributed by atoms with Gasteiger partial charge in [-0.15, -0.1) is 0 Å². The molecule has 0 fully saturated rings. The van der Waals surface area contributed by atoms with Crippen molar-refractivity contribution in [1.82, 2.24) is 9.97 Å². The third-order valence-electron chi connectivity index (χ3n) is 3.12. The lowest BCUT2D eigenvalue weighted by Gasteiger charge is -2.06. The second kappa shape index (κ2) is 4.20. The lowest BCUT2D eigenvalue weighted by Crippen LogP contribution is -2.06. The summed E-state index contributed by atoms with van der Waals surface area (Å²) in [5, 5.41) is 13.1. The summed E-state index contributed by atoms with van der Waals surface area (Å²) in [5.41, 5.74) is 2.71. The largest absolute Gasteiger partial charge is 0.411 e. The van der Waals surface area contributed by atoms with Gasteiger partial charge in [0.1, 0.15) is 0 Å². The van der Waals surface area contributed by atoms with Gasteiger partial charge in [0, 0.05) is 23.0 Å². The minimum Gasteiger partial charge on any atom is -0.411 e. The second-order valence-corrected chi connectivity index (χ2v) is 4.35. The van der Waals surface area contributed by atoms with E-state index in [0.29, 0.717) is 16.6 Å². The topological polar surface area (TPSA) is 78.3 Å². The normalized spacial score (nSPS) is 11.6. The third kappa shape index (κ3) is 1.76. The zero-order valence-corrected chi connectivity index (χ0v) is 10.2. The highest BCUT2D eigenvalue weighted by Crippen LogP contribution is 2.23. The maximum atomic E-state index is 12.1. The molecule has 0 bridgehead atoms. The summed E-state index contributed by atoms with van der Waals surface area (Å²) in [6.07, 6.45) is 2.88. The van der Waals surface area contributed by atoms with Gasteiger partial charge in [0.2, 0.25) is 0 Å². The number of oxime groups is 1. The van der Waals surface area contributed by atoms with Crippen LogP contribution in [0.25, 0.3) is 21.8 Å². The van der Waals surface area contributed by atoms with Crippen LogP contribution in [-0.2, 0) is 0 Å². The highest BCUT2D eigenvalue weighted by molar-refractivity contribution is 6.05. The summed E-state index contributed by atoms with van der Waals surface area (Å²) in [6, 6.07) is 7.06. The first-order chi connectivity index (χ1) is 9.20. The van der Waals surface area contributed by atoms with Crippen LogP contribution in [0.15, 0.2) is 40.4 Å². The molecule has 0 atom stereocenters. The van der Waals surface area contributed by atoms with Crippen molar-refractivity contribution in [3.8, 4) is 0 Å². The molecule has 2 N–H and O–H groups in total. The Hall–Kier alpha value is -2.69. The van der Waals surface area contributed by atoms with Crippen LogP contribution in [0.4, 0.5) is 0 Å². The first kappa shape index (κ1) is 11.4. The average Bonchev–Trinajstić information content (AvgIpc) is 2.41. The molecule has 0 aliphatic rings. The summed E-state index contributed by atoms with van der Waals surface area (Å²) < 4.78 is 0. The highest BCUT2D eigenvalue weighted by atomic mass is 16.4. The molecule has 1 aromatic carbocycles. The molecule has 0 saturated heterocycles. The van der Waals surface area contributed by atoms with Crippen LogP contribution in [-0.4, -0.2) is 21.4 Å². The molecule has 5 heteroatoms. The maximum Gasteiger partial charge on any atom is 0.190 e. The zero-order chi connectivity index (χ0) is 13.4. The predicted molar refractivity (Wildman–Crippen MR) is 74.0 cm³/mol. The van der Waals surface area contributed by atoms with Crippen molar-refractivity contribution in [2.24, 2.45) is 5.16 Å². The van der Waals surface area contributed by atoms with Gasteiger partial charge in [-0.25, -0.2) is 0 Å². The van der Waals surface area contributed by atoms with E-state index in [1.54, 1.807) is 6.20 Å². The number of pyridine rings is 2. The number of nitrogens with one attached hydrogen (secondary N) is 1. The van der Waals surface area contributed by atoms with Crippen molar-refractivity contribution in [1.29, 1.82) is 0 Å². The summed E-state index contributed by atoms with van der Waals surface area (Å²) in [6.45, 7) is 1.95. The van der Waals surface area contributed by atoms with Crippen LogP contribution in [0.3, 0.4) is 0 Å². The Morgan fingerprint density at radius 3 is 3.00 bits per heavy atom. The molecular weight excluding hydrogens is 242 g/mol. The lowest BCUT2D eigenvalue weighted by molar-refractivity contribution is 0.321. The van der Waals surface area contributed by atoms with Crippen LogP contribution in [0.5, 0.6) is 0 Å². The number of aromatic amines is 1. The number of hydrogen-bond donors (Lipinski definition) is 2. The maximum absolute atomic E-state index is 12.1. The number of rotatable bonds is 1. The number of aryl methyl sites for hydroxylation is 1. The quantitative estimate of drug-likeness (QED) is 0.302. The van der Waals surface area contributed by atoms with Crippen molar-refractivity contribution in [2.75, 3.05) is 0 Å². The van der Waals surface area contributed by atoms with Crippen molar-refractivity contribution in [2.45, 2.75) is 6.92 Å². The summed E-state index contributed by atoms with van der Waals surface area (Å²) in [4.78, 5) is 19.5. The molecule has 19 heavy (non-hydrogen) atoms. The predicted octanol–water partition coefficient (Wildman–Crippen LogP) is 2.19. The highest BCUT2D eigenvalue weighted by Gasteiger charge is 2.08. The average molecular weight is 253 g/mol. The fourth-order valence-electron chi connectivity index (χ4n) is 2.27. The Morgan fingerprint density at radius 2 is 2.21 bits per heavy atom. The Morgan fingerprint density at radius 1 is 1.37 bits per heavy atom. The van der Waals surface area contributed by atoms with Crippen molar-refractivity contribution >= 4 is 28.0 Å². The fraction of sp³-hybridized carbons (Fsp3) is 0.0714. The van der Waals surface area contributed by atoms with Crippen molar-refractivity contribution < 1.29 is 5.21 Å². The molecular formula is C14H11N3O2. The monoisotopic (exact) mass is 253 g/mol. The standard InChI is InChI=1S/C14H11N3O2/c1-8-5-11-12(18)6-9(7-16-19)17-14(11)13-10(8)3-2-4-15-13/h2-7,19H,1H3,(H,17,18)/b16-7+. The first-order valence-electron chi connectivity index (χ1n) is 5.79. The van der Waals surface area contributed by atoms with Crippen molar-refractivity contribution in [3.63, 3.8) is 0 Å². The van der Waals surface area contributed by atoms with E-state index in [2.05, 4.69) is 15.1 Å². The molecule has 0 unspecified atom stereocenters. The molecule has 0 radical (unpaired) electrons. The molecule has 5 nitrogen and oxygen atoms in total. The van der Waals surface area contributed by atoms with Crippen LogP contribution in [0.2, 0.25) is 0 Å². The van der Waals surface area contributed by atoms with E-state index in [1.807, 2.05) is 25.1 Å². The second-order valence-electron chi connectivity index (χ2n) is 4.35. The van der Waals surface area contributed by atoms with E-state index < -0.39 is 0 Å². The van der Waals surface area contributed by atoms with E-state index >= 15 is 0 Å². The van der Waals surface area contributed by atoms with Gasteiger partial charge in [0.25, 0.3) is 0 Å². The summed E-state index contributed by atoms with van der Waals surface area (Å²) in [7, 11) is 0. The lowest BCUT2D eigenvalue weighted by atomic mass is 10.0. The SMILES string of the molecule is Cc1cc2c(=O)cc(/C=N/O)[nH]c2c2ncccc12. The summed E-state index contributed by atoms with van der Waals surface area (Å²) >= 11 is 0. The molecule has 0 saturated carbocycles.